The van der Waals surface area contributed by atoms with Crippen LogP contribution in [0.4, 0.5) is 5.69 Å². The van der Waals surface area contributed by atoms with Crippen molar-refractivity contribution < 1.29 is 10.2 Å². The van der Waals surface area contributed by atoms with E-state index >= 15 is 0 Å². The summed E-state index contributed by atoms with van der Waals surface area (Å²) in [6.07, 6.45) is 2.72. The fourth-order valence-electron chi connectivity index (χ4n) is 1.91. The van der Waals surface area contributed by atoms with E-state index in [-0.39, 0.29) is 6.61 Å². The first kappa shape index (κ1) is 13.6. The van der Waals surface area contributed by atoms with Crippen molar-refractivity contribution in [3.8, 4) is 11.4 Å². The summed E-state index contributed by atoms with van der Waals surface area (Å²) in [6, 6.07) is 8.05. The first-order chi connectivity index (χ1) is 9.11. The quantitative estimate of drug-likeness (QED) is 0.842. The Hall–Kier alpha value is -1.85. The van der Waals surface area contributed by atoms with Crippen LogP contribution in [0.1, 0.15) is 0 Å². The van der Waals surface area contributed by atoms with Crippen LogP contribution in [-0.2, 0) is 6.54 Å². The van der Waals surface area contributed by atoms with Crippen LogP contribution in [0.2, 0.25) is 0 Å². The van der Waals surface area contributed by atoms with E-state index in [9.17, 15) is 5.11 Å². The predicted molar refractivity (Wildman–Crippen MR) is 75.1 cm³/mol. The number of rotatable bonds is 5. The molecular formula is C14H19N3O2. The van der Waals surface area contributed by atoms with Crippen molar-refractivity contribution in [2.75, 3.05) is 25.6 Å². The number of aromatic nitrogens is 2. The molecule has 0 radical (unpaired) electrons. The minimum absolute atomic E-state index is 0.253. The normalized spacial score (nSPS) is 12.4. The van der Waals surface area contributed by atoms with E-state index < -0.39 is 6.10 Å². The monoisotopic (exact) mass is 261 g/mol. The summed E-state index contributed by atoms with van der Waals surface area (Å²) < 4.78 is 1.84. The molecule has 1 aromatic carbocycles. The fraction of sp³-hybridized carbons (Fsp3) is 0.357. The zero-order valence-electron chi connectivity index (χ0n) is 11.2. The number of aliphatic hydroxyl groups is 2. The summed E-state index contributed by atoms with van der Waals surface area (Å²) in [6.45, 7) is 0.0818. The average molecular weight is 261 g/mol. The Morgan fingerprint density at radius 3 is 2.53 bits per heavy atom. The van der Waals surface area contributed by atoms with Gasteiger partial charge in [0.15, 0.2) is 0 Å². The fourth-order valence-corrected chi connectivity index (χ4v) is 1.91. The number of hydrogen-bond acceptors (Lipinski definition) is 4. The summed E-state index contributed by atoms with van der Waals surface area (Å²) in [5.41, 5.74) is 2.11. The van der Waals surface area contributed by atoms with Crippen LogP contribution < -0.4 is 4.90 Å². The average Bonchev–Trinajstić information content (AvgIpc) is 2.86. The molecule has 5 heteroatoms. The highest BCUT2D eigenvalue weighted by Gasteiger charge is 2.10. The van der Waals surface area contributed by atoms with Crippen molar-refractivity contribution in [2.24, 2.45) is 0 Å². The third-order valence-electron chi connectivity index (χ3n) is 2.98. The lowest BCUT2D eigenvalue weighted by Gasteiger charge is -2.14. The minimum Gasteiger partial charge on any atom is -0.394 e. The molecule has 0 aliphatic rings. The van der Waals surface area contributed by atoms with Gasteiger partial charge in [-0.2, -0.15) is 0 Å². The molecule has 0 fully saturated rings. The largest absolute Gasteiger partial charge is 0.394 e. The number of nitrogens with zero attached hydrogens (tertiary/aromatic N) is 3. The zero-order valence-corrected chi connectivity index (χ0v) is 11.2. The van der Waals surface area contributed by atoms with Crippen molar-refractivity contribution in [1.29, 1.82) is 0 Å². The van der Waals surface area contributed by atoms with Crippen molar-refractivity contribution in [3.63, 3.8) is 0 Å². The van der Waals surface area contributed by atoms with E-state index in [0.29, 0.717) is 6.54 Å². The maximum atomic E-state index is 9.51. The molecule has 1 atom stereocenters. The highest BCUT2D eigenvalue weighted by Crippen LogP contribution is 2.21. The molecule has 0 aliphatic carbocycles. The highest BCUT2D eigenvalue weighted by atomic mass is 16.3. The number of imidazole rings is 1. The van der Waals surface area contributed by atoms with Crippen LogP contribution in [0.25, 0.3) is 11.4 Å². The summed E-state index contributed by atoms with van der Waals surface area (Å²) in [7, 11) is 3.99. The lowest BCUT2D eigenvalue weighted by molar-refractivity contribution is 0.0816. The van der Waals surface area contributed by atoms with Gasteiger partial charge in [-0.05, 0) is 24.3 Å². The molecule has 1 heterocycles. The van der Waals surface area contributed by atoms with Gasteiger partial charge in [0, 0.05) is 37.7 Å². The molecule has 0 saturated heterocycles. The van der Waals surface area contributed by atoms with Crippen LogP contribution in [0, 0.1) is 0 Å². The SMILES string of the molecule is CN(C)c1ccc(-c2nccn2CC(O)CO)cc1. The van der Waals surface area contributed by atoms with Gasteiger partial charge < -0.3 is 19.7 Å². The number of aliphatic hydroxyl groups excluding tert-OH is 2. The predicted octanol–water partition coefficient (Wildman–Crippen LogP) is 0.969. The van der Waals surface area contributed by atoms with E-state index in [2.05, 4.69) is 4.98 Å². The van der Waals surface area contributed by atoms with Gasteiger partial charge >= 0.3 is 0 Å². The van der Waals surface area contributed by atoms with Gasteiger partial charge in [0.25, 0.3) is 0 Å². The standard InChI is InChI=1S/C14H19N3O2/c1-16(2)12-5-3-11(4-6-12)14-15-7-8-17(14)9-13(19)10-18/h3-8,13,18-19H,9-10H2,1-2H3. The van der Waals surface area contributed by atoms with Gasteiger partial charge in [-0.3, -0.25) is 0 Å². The van der Waals surface area contributed by atoms with Crippen molar-refractivity contribution >= 4 is 5.69 Å². The van der Waals surface area contributed by atoms with Gasteiger partial charge in [-0.25, -0.2) is 4.98 Å². The Balaban J connectivity index is 2.24. The molecule has 0 spiro atoms. The number of anilines is 1. The van der Waals surface area contributed by atoms with E-state index in [4.69, 9.17) is 5.11 Å². The van der Waals surface area contributed by atoms with Gasteiger partial charge in [-0.15, -0.1) is 0 Å². The maximum absolute atomic E-state index is 9.51. The van der Waals surface area contributed by atoms with E-state index in [1.807, 2.05) is 47.8 Å². The third-order valence-corrected chi connectivity index (χ3v) is 2.98. The number of hydrogen-bond donors (Lipinski definition) is 2. The Kier molecular flexibility index (Phi) is 4.19. The van der Waals surface area contributed by atoms with Gasteiger partial charge in [0.1, 0.15) is 5.82 Å². The molecule has 102 valence electrons. The molecule has 0 amide bonds. The Labute approximate surface area is 112 Å². The molecule has 2 aromatic rings. The molecule has 5 nitrogen and oxygen atoms in total. The topological polar surface area (TPSA) is 61.5 Å². The van der Waals surface area contributed by atoms with Crippen molar-refractivity contribution in [1.82, 2.24) is 9.55 Å². The van der Waals surface area contributed by atoms with E-state index in [1.54, 1.807) is 12.4 Å². The molecular weight excluding hydrogens is 242 g/mol. The summed E-state index contributed by atoms with van der Waals surface area (Å²) in [5, 5.41) is 18.4. The van der Waals surface area contributed by atoms with Gasteiger partial charge in [0.2, 0.25) is 0 Å². The highest BCUT2D eigenvalue weighted by molar-refractivity contribution is 5.60. The second-order valence-corrected chi connectivity index (χ2v) is 4.68. The van der Waals surface area contributed by atoms with Crippen LogP contribution >= 0.6 is 0 Å². The molecule has 0 saturated carbocycles. The molecule has 1 unspecified atom stereocenters. The van der Waals surface area contributed by atoms with E-state index in [1.165, 1.54) is 0 Å². The number of benzene rings is 1. The van der Waals surface area contributed by atoms with Crippen LogP contribution in [0.5, 0.6) is 0 Å². The lowest BCUT2D eigenvalue weighted by atomic mass is 10.2. The molecule has 2 rings (SSSR count). The van der Waals surface area contributed by atoms with Gasteiger partial charge in [0.05, 0.1) is 19.3 Å². The maximum Gasteiger partial charge on any atom is 0.139 e. The first-order valence-corrected chi connectivity index (χ1v) is 6.19. The first-order valence-electron chi connectivity index (χ1n) is 6.19. The van der Waals surface area contributed by atoms with E-state index in [0.717, 1.165) is 17.1 Å². The molecule has 1 aromatic heterocycles. The lowest BCUT2D eigenvalue weighted by Crippen LogP contribution is -2.19. The van der Waals surface area contributed by atoms with Crippen LogP contribution in [-0.4, -0.2) is 46.6 Å². The second kappa shape index (κ2) is 5.86. The second-order valence-electron chi connectivity index (χ2n) is 4.68. The Morgan fingerprint density at radius 2 is 1.95 bits per heavy atom. The van der Waals surface area contributed by atoms with Crippen LogP contribution in [0.3, 0.4) is 0 Å². The molecule has 2 N–H and O–H groups in total. The van der Waals surface area contributed by atoms with Crippen molar-refractivity contribution in [2.45, 2.75) is 12.6 Å². The minimum atomic E-state index is -0.769. The molecule has 19 heavy (non-hydrogen) atoms. The Bertz CT molecular complexity index is 520. The molecule has 0 aliphatic heterocycles. The summed E-state index contributed by atoms with van der Waals surface area (Å²) in [5.74, 6) is 0.790. The third kappa shape index (κ3) is 3.13. The zero-order chi connectivity index (χ0) is 13.8. The Morgan fingerprint density at radius 1 is 1.26 bits per heavy atom. The smallest absolute Gasteiger partial charge is 0.139 e. The van der Waals surface area contributed by atoms with Crippen molar-refractivity contribution in [3.05, 3.63) is 36.7 Å². The summed E-state index contributed by atoms with van der Waals surface area (Å²) in [4.78, 5) is 6.34. The summed E-state index contributed by atoms with van der Waals surface area (Å²) >= 11 is 0. The molecule has 0 bridgehead atoms. The van der Waals surface area contributed by atoms with Crippen LogP contribution in [0.15, 0.2) is 36.7 Å². The van der Waals surface area contributed by atoms with Gasteiger partial charge in [-0.1, -0.05) is 0 Å².